The van der Waals surface area contributed by atoms with Crippen molar-refractivity contribution >= 4 is 22.0 Å². The lowest BCUT2D eigenvalue weighted by atomic mass is 10.1. The third kappa shape index (κ3) is 5.14. The van der Waals surface area contributed by atoms with Crippen molar-refractivity contribution in [3.05, 3.63) is 34.3 Å². The average molecular weight is 286 g/mol. The molecule has 0 bridgehead atoms. The van der Waals surface area contributed by atoms with Gasteiger partial charge in [-0.15, -0.1) is 0 Å². The highest BCUT2D eigenvalue weighted by Crippen LogP contribution is 2.10. The molecule has 0 aromatic heterocycles. The summed E-state index contributed by atoms with van der Waals surface area (Å²) in [6.07, 6.45) is 0.823. The van der Waals surface area contributed by atoms with E-state index in [-0.39, 0.29) is 6.03 Å². The molecule has 4 N–H and O–H groups in total. The quantitative estimate of drug-likeness (QED) is 0.762. The van der Waals surface area contributed by atoms with Crippen LogP contribution in [0.5, 0.6) is 0 Å². The number of carbonyl (C=O) groups is 1. The zero-order valence-electron chi connectivity index (χ0n) is 9.00. The van der Waals surface area contributed by atoms with E-state index < -0.39 is 0 Å². The minimum Gasteiger partial charge on any atom is -0.338 e. The van der Waals surface area contributed by atoms with Crippen LogP contribution in [0.15, 0.2) is 28.7 Å². The lowest BCUT2D eigenvalue weighted by Gasteiger charge is -2.06. The first-order valence-electron chi connectivity index (χ1n) is 5.18. The number of halogens is 1. The predicted octanol–water partition coefficient (Wildman–Crippen LogP) is 1.25. The Morgan fingerprint density at radius 3 is 2.44 bits per heavy atom. The molecule has 0 aliphatic heterocycles. The van der Waals surface area contributed by atoms with Crippen molar-refractivity contribution in [2.45, 2.75) is 6.42 Å². The average Bonchev–Trinajstić information content (AvgIpc) is 2.29. The van der Waals surface area contributed by atoms with Crippen LogP contribution in [0.1, 0.15) is 5.56 Å². The van der Waals surface area contributed by atoms with Crippen LogP contribution in [0, 0.1) is 0 Å². The monoisotopic (exact) mass is 285 g/mol. The zero-order chi connectivity index (χ0) is 11.8. The van der Waals surface area contributed by atoms with Crippen molar-refractivity contribution in [3.8, 4) is 0 Å². The number of carbonyl (C=O) groups excluding carboxylic acids is 1. The summed E-state index contributed by atoms with van der Waals surface area (Å²) < 4.78 is 1.06. The molecule has 0 radical (unpaired) electrons. The molecule has 0 aliphatic rings. The van der Waals surface area contributed by atoms with Gasteiger partial charge in [0.15, 0.2) is 0 Å². The summed E-state index contributed by atoms with van der Waals surface area (Å²) in [5, 5.41) is 5.41. The summed E-state index contributed by atoms with van der Waals surface area (Å²) in [6.45, 7) is 1.59. The maximum Gasteiger partial charge on any atom is 0.314 e. The largest absolute Gasteiger partial charge is 0.338 e. The summed E-state index contributed by atoms with van der Waals surface area (Å²) in [5.41, 5.74) is 6.46. The van der Waals surface area contributed by atoms with Crippen molar-refractivity contribution in [2.75, 3.05) is 19.6 Å². The first-order chi connectivity index (χ1) is 7.72. The fraction of sp³-hybridized carbons (Fsp3) is 0.364. The highest BCUT2D eigenvalue weighted by molar-refractivity contribution is 9.10. The Bertz CT molecular complexity index is 327. The number of nitrogens with two attached hydrogens (primary N) is 1. The minimum atomic E-state index is -0.164. The Morgan fingerprint density at radius 2 is 1.81 bits per heavy atom. The fourth-order valence-electron chi connectivity index (χ4n) is 1.22. The minimum absolute atomic E-state index is 0.164. The van der Waals surface area contributed by atoms with Gasteiger partial charge in [-0.1, -0.05) is 28.1 Å². The van der Waals surface area contributed by atoms with Crippen LogP contribution in [0.2, 0.25) is 0 Å². The SMILES string of the molecule is NCCNC(=O)NCCc1ccc(Br)cc1. The second kappa shape index (κ2) is 7.24. The molecule has 88 valence electrons. The van der Waals surface area contributed by atoms with Gasteiger partial charge >= 0.3 is 6.03 Å². The molecule has 4 nitrogen and oxygen atoms in total. The molecule has 0 saturated heterocycles. The van der Waals surface area contributed by atoms with E-state index in [9.17, 15) is 4.79 Å². The van der Waals surface area contributed by atoms with E-state index in [1.165, 1.54) is 5.56 Å². The summed E-state index contributed by atoms with van der Waals surface area (Å²) in [7, 11) is 0. The third-order valence-electron chi connectivity index (χ3n) is 2.04. The number of rotatable bonds is 5. The lowest BCUT2D eigenvalue weighted by Crippen LogP contribution is -2.39. The van der Waals surface area contributed by atoms with Gasteiger partial charge in [-0.05, 0) is 24.1 Å². The maximum atomic E-state index is 11.2. The molecule has 0 fully saturated rings. The zero-order valence-corrected chi connectivity index (χ0v) is 10.6. The second-order valence-electron chi connectivity index (χ2n) is 3.35. The normalized spacial score (nSPS) is 9.88. The Morgan fingerprint density at radius 1 is 1.19 bits per heavy atom. The van der Waals surface area contributed by atoms with Crippen LogP contribution in [0.25, 0.3) is 0 Å². The van der Waals surface area contributed by atoms with Crippen molar-refractivity contribution in [1.29, 1.82) is 0 Å². The van der Waals surface area contributed by atoms with Crippen LogP contribution in [-0.2, 0) is 6.42 Å². The molecule has 0 saturated carbocycles. The van der Waals surface area contributed by atoms with Crippen LogP contribution in [0.3, 0.4) is 0 Å². The standard InChI is InChI=1S/C11H16BrN3O/c12-10-3-1-9(2-4-10)5-7-14-11(16)15-8-6-13/h1-4H,5-8,13H2,(H2,14,15,16). The molecule has 0 unspecified atom stereocenters. The van der Waals surface area contributed by atoms with E-state index >= 15 is 0 Å². The molecule has 5 heteroatoms. The van der Waals surface area contributed by atoms with Gasteiger partial charge in [0.25, 0.3) is 0 Å². The van der Waals surface area contributed by atoms with Gasteiger partial charge in [0.1, 0.15) is 0 Å². The molecule has 2 amide bonds. The van der Waals surface area contributed by atoms with E-state index in [4.69, 9.17) is 5.73 Å². The van der Waals surface area contributed by atoms with E-state index in [2.05, 4.69) is 26.6 Å². The second-order valence-corrected chi connectivity index (χ2v) is 4.26. The molecule has 0 atom stereocenters. The Kier molecular flexibility index (Phi) is 5.88. The summed E-state index contributed by atoms with van der Waals surface area (Å²) in [4.78, 5) is 11.2. The number of benzene rings is 1. The maximum absolute atomic E-state index is 11.2. The van der Waals surface area contributed by atoms with Gasteiger partial charge in [0, 0.05) is 24.1 Å². The molecule has 0 spiro atoms. The van der Waals surface area contributed by atoms with E-state index in [1.807, 2.05) is 24.3 Å². The third-order valence-corrected chi connectivity index (χ3v) is 2.57. The van der Waals surface area contributed by atoms with E-state index in [0.29, 0.717) is 19.6 Å². The van der Waals surface area contributed by atoms with E-state index in [0.717, 1.165) is 10.9 Å². The van der Waals surface area contributed by atoms with Crippen LogP contribution < -0.4 is 16.4 Å². The number of hydrogen-bond donors (Lipinski definition) is 3. The number of hydrogen-bond acceptors (Lipinski definition) is 2. The molecule has 1 rings (SSSR count). The van der Waals surface area contributed by atoms with Gasteiger partial charge in [0.2, 0.25) is 0 Å². The highest BCUT2D eigenvalue weighted by Gasteiger charge is 1.98. The fourth-order valence-corrected chi connectivity index (χ4v) is 1.48. The number of urea groups is 1. The van der Waals surface area contributed by atoms with Crippen molar-refractivity contribution in [1.82, 2.24) is 10.6 Å². The smallest absolute Gasteiger partial charge is 0.314 e. The van der Waals surface area contributed by atoms with Gasteiger partial charge < -0.3 is 16.4 Å². The number of amides is 2. The van der Waals surface area contributed by atoms with Gasteiger partial charge in [-0.3, -0.25) is 0 Å². The molecule has 16 heavy (non-hydrogen) atoms. The topological polar surface area (TPSA) is 67.1 Å². The Labute approximate surface area is 104 Å². The van der Waals surface area contributed by atoms with Gasteiger partial charge in [-0.2, -0.15) is 0 Å². The molecule has 0 heterocycles. The lowest BCUT2D eigenvalue weighted by molar-refractivity contribution is 0.241. The van der Waals surface area contributed by atoms with Crippen LogP contribution >= 0.6 is 15.9 Å². The van der Waals surface area contributed by atoms with Crippen LogP contribution in [0.4, 0.5) is 4.79 Å². The van der Waals surface area contributed by atoms with Gasteiger partial charge in [0.05, 0.1) is 0 Å². The number of nitrogens with one attached hydrogen (secondary N) is 2. The molecular formula is C11H16BrN3O. The first kappa shape index (κ1) is 13.0. The molecule has 1 aromatic carbocycles. The van der Waals surface area contributed by atoms with Crippen LogP contribution in [-0.4, -0.2) is 25.7 Å². The van der Waals surface area contributed by atoms with Crippen molar-refractivity contribution in [2.24, 2.45) is 5.73 Å². The summed E-state index contributed by atoms with van der Waals surface area (Å²) in [6, 6.07) is 7.88. The highest BCUT2D eigenvalue weighted by atomic mass is 79.9. The van der Waals surface area contributed by atoms with Gasteiger partial charge in [-0.25, -0.2) is 4.79 Å². The first-order valence-corrected chi connectivity index (χ1v) is 5.98. The predicted molar refractivity (Wildman–Crippen MR) is 68.3 cm³/mol. The Balaban J connectivity index is 2.20. The van der Waals surface area contributed by atoms with Crippen molar-refractivity contribution < 1.29 is 4.79 Å². The Hall–Kier alpha value is -1.07. The summed E-state index contributed by atoms with van der Waals surface area (Å²) in [5.74, 6) is 0. The molecule has 1 aromatic rings. The van der Waals surface area contributed by atoms with Crippen molar-refractivity contribution in [3.63, 3.8) is 0 Å². The molecular weight excluding hydrogens is 270 g/mol. The van der Waals surface area contributed by atoms with E-state index in [1.54, 1.807) is 0 Å². The summed E-state index contributed by atoms with van der Waals surface area (Å²) >= 11 is 3.37. The molecule has 0 aliphatic carbocycles.